The van der Waals surface area contributed by atoms with Crippen molar-refractivity contribution in [3.05, 3.63) is 0 Å². The first-order chi connectivity index (χ1) is 6.24. The van der Waals surface area contributed by atoms with Gasteiger partial charge >= 0.3 is 0 Å². The van der Waals surface area contributed by atoms with Crippen LogP contribution in [-0.4, -0.2) is 29.8 Å². The van der Waals surface area contributed by atoms with Crippen LogP contribution in [0.15, 0.2) is 0 Å². The summed E-state index contributed by atoms with van der Waals surface area (Å²) in [5, 5.41) is 0. The Labute approximate surface area is 80.3 Å². The number of carbonyl (C=O) groups excluding carboxylic acids is 1. The van der Waals surface area contributed by atoms with Gasteiger partial charge in [0, 0.05) is 38.4 Å². The molecular formula is C11H17NO. The molecule has 0 N–H and O–H groups in total. The van der Waals surface area contributed by atoms with Gasteiger partial charge in [-0.15, -0.1) is 11.8 Å². The van der Waals surface area contributed by atoms with Crippen molar-refractivity contribution >= 4 is 5.78 Å². The number of carbonyl (C=O) groups is 1. The molecule has 0 aliphatic carbocycles. The van der Waals surface area contributed by atoms with Gasteiger partial charge in [0.15, 0.2) is 0 Å². The third kappa shape index (κ3) is 3.20. The fraction of sp³-hybridized carbons (Fsp3) is 0.727. The van der Waals surface area contributed by atoms with E-state index < -0.39 is 0 Å². The molecule has 1 atom stereocenters. The highest BCUT2D eigenvalue weighted by molar-refractivity contribution is 5.79. The molecule has 1 aliphatic heterocycles. The van der Waals surface area contributed by atoms with Crippen molar-refractivity contribution in [2.24, 2.45) is 0 Å². The SMILES string of the molecule is CC#CCCN1CCC(=O)CC1C. The number of nitrogens with zero attached hydrogens (tertiary/aromatic N) is 1. The molecule has 0 aromatic rings. The van der Waals surface area contributed by atoms with E-state index in [9.17, 15) is 4.79 Å². The molecule has 1 saturated heterocycles. The number of rotatable bonds is 2. The van der Waals surface area contributed by atoms with Gasteiger partial charge in [0.1, 0.15) is 5.78 Å². The van der Waals surface area contributed by atoms with Crippen LogP contribution in [0.25, 0.3) is 0 Å². The minimum absolute atomic E-state index is 0.408. The summed E-state index contributed by atoms with van der Waals surface area (Å²) >= 11 is 0. The zero-order valence-electron chi connectivity index (χ0n) is 8.47. The summed E-state index contributed by atoms with van der Waals surface area (Å²) in [4.78, 5) is 13.4. The highest BCUT2D eigenvalue weighted by Gasteiger charge is 2.22. The summed E-state index contributed by atoms with van der Waals surface area (Å²) in [6, 6.07) is 0.417. The predicted octanol–water partition coefficient (Wildman–Crippen LogP) is 1.45. The second-order valence-corrected chi connectivity index (χ2v) is 3.55. The predicted molar refractivity (Wildman–Crippen MR) is 53.3 cm³/mol. The van der Waals surface area contributed by atoms with E-state index in [0.717, 1.165) is 32.4 Å². The third-order valence-corrected chi connectivity index (χ3v) is 2.53. The van der Waals surface area contributed by atoms with Crippen molar-refractivity contribution in [1.29, 1.82) is 0 Å². The number of hydrogen-bond donors (Lipinski definition) is 0. The summed E-state index contributed by atoms with van der Waals surface area (Å²) in [6.07, 6.45) is 2.37. The Kier molecular flexibility index (Phi) is 3.98. The molecule has 1 heterocycles. The van der Waals surface area contributed by atoms with Crippen LogP contribution in [0, 0.1) is 11.8 Å². The molecule has 1 fully saturated rings. The van der Waals surface area contributed by atoms with E-state index in [4.69, 9.17) is 0 Å². The average Bonchev–Trinajstić information content (AvgIpc) is 2.09. The number of Topliss-reactive ketones (excluding diaryl/α,β-unsaturated/α-hetero) is 1. The Morgan fingerprint density at radius 3 is 3.00 bits per heavy atom. The Morgan fingerprint density at radius 1 is 1.62 bits per heavy atom. The van der Waals surface area contributed by atoms with Crippen LogP contribution in [0.2, 0.25) is 0 Å². The fourth-order valence-corrected chi connectivity index (χ4v) is 1.71. The van der Waals surface area contributed by atoms with Gasteiger partial charge < -0.3 is 0 Å². The lowest BCUT2D eigenvalue weighted by Crippen LogP contribution is -2.41. The topological polar surface area (TPSA) is 20.3 Å². The van der Waals surface area contributed by atoms with Gasteiger partial charge in [0.25, 0.3) is 0 Å². The lowest BCUT2D eigenvalue weighted by atomic mass is 10.0. The van der Waals surface area contributed by atoms with Crippen LogP contribution >= 0.6 is 0 Å². The zero-order valence-corrected chi connectivity index (χ0v) is 8.47. The molecule has 72 valence electrons. The number of likely N-dealkylation sites (tertiary alicyclic amines) is 1. The van der Waals surface area contributed by atoms with E-state index in [-0.39, 0.29) is 0 Å². The van der Waals surface area contributed by atoms with Crippen molar-refractivity contribution in [3.8, 4) is 11.8 Å². The fourth-order valence-electron chi connectivity index (χ4n) is 1.71. The van der Waals surface area contributed by atoms with E-state index >= 15 is 0 Å². The van der Waals surface area contributed by atoms with E-state index in [1.807, 2.05) is 6.92 Å². The lowest BCUT2D eigenvalue weighted by molar-refractivity contribution is -0.122. The van der Waals surface area contributed by atoms with Gasteiger partial charge in [0.05, 0.1) is 0 Å². The van der Waals surface area contributed by atoms with Crippen LogP contribution in [0.3, 0.4) is 0 Å². The standard InChI is InChI=1S/C11H17NO/c1-3-4-5-7-12-8-6-11(13)9-10(12)2/h10H,5-9H2,1-2H3. The van der Waals surface area contributed by atoms with Gasteiger partial charge in [-0.05, 0) is 13.8 Å². The van der Waals surface area contributed by atoms with Crippen LogP contribution in [0.4, 0.5) is 0 Å². The maximum absolute atomic E-state index is 11.1. The quantitative estimate of drug-likeness (QED) is 0.598. The molecule has 2 heteroatoms. The molecule has 1 rings (SSSR count). The van der Waals surface area contributed by atoms with Crippen LogP contribution in [0.5, 0.6) is 0 Å². The number of piperidine rings is 1. The lowest BCUT2D eigenvalue weighted by Gasteiger charge is -2.31. The van der Waals surface area contributed by atoms with E-state index in [1.54, 1.807) is 0 Å². The first kappa shape index (κ1) is 10.3. The van der Waals surface area contributed by atoms with E-state index in [1.165, 1.54) is 0 Å². The van der Waals surface area contributed by atoms with Gasteiger partial charge in [0.2, 0.25) is 0 Å². The van der Waals surface area contributed by atoms with Gasteiger partial charge in [-0.1, -0.05) is 0 Å². The smallest absolute Gasteiger partial charge is 0.135 e. The van der Waals surface area contributed by atoms with Crippen molar-refractivity contribution in [1.82, 2.24) is 4.90 Å². The molecule has 0 spiro atoms. The molecule has 2 nitrogen and oxygen atoms in total. The number of hydrogen-bond acceptors (Lipinski definition) is 2. The van der Waals surface area contributed by atoms with Crippen LogP contribution in [0.1, 0.15) is 33.1 Å². The van der Waals surface area contributed by atoms with Crippen molar-refractivity contribution < 1.29 is 4.79 Å². The Morgan fingerprint density at radius 2 is 2.38 bits per heavy atom. The molecule has 0 aromatic heterocycles. The van der Waals surface area contributed by atoms with E-state index in [0.29, 0.717) is 11.8 Å². The van der Waals surface area contributed by atoms with Crippen LogP contribution in [-0.2, 0) is 4.79 Å². The highest BCUT2D eigenvalue weighted by Crippen LogP contribution is 2.13. The first-order valence-electron chi connectivity index (χ1n) is 4.89. The summed E-state index contributed by atoms with van der Waals surface area (Å²) in [5.41, 5.74) is 0. The summed E-state index contributed by atoms with van der Waals surface area (Å²) in [5.74, 6) is 6.35. The minimum atomic E-state index is 0.408. The van der Waals surface area contributed by atoms with Crippen LogP contribution < -0.4 is 0 Å². The molecule has 13 heavy (non-hydrogen) atoms. The Bertz CT molecular complexity index is 236. The first-order valence-corrected chi connectivity index (χ1v) is 4.89. The summed E-state index contributed by atoms with van der Waals surface area (Å²) < 4.78 is 0. The second kappa shape index (κ2) is 5.04. The monoisotopic (exact) mass is 179 g/mol. The minimum Gasteiger partial charge on any atom is -0.300 e. The van der Waals surface area contributed by atoms with Gasteiger partial charge in [-0.3, -0.25) is 9.69 Å². The molecule has 0 bridgehead atoms. The summed E-state index contributed by atoms with van der Waals surface area (Å²) in [6.45, 7) is 5.92. The maximum atomic E-state index is 11.1. The maximum Gasteiger partial charge on any atom is 0.135 e. The molecular weight excluding hydrogens is 162 g/mol. The molecule has 0 amide bonds. The molecule has 1 aliphatic rings. The Balaban J connectivity index is 2.32. The normalized spacial score (nSPS) is 23.8. The molecule has 0 aromatic carbocycles. The zero-order chi connectivity index (χ0) is 9.68. The highest BCUT2D eigenvalue weighted by atomic mass is 16.1. The number of ketones is 1. The van der Waals surface area contributed by atoms with Gasteiger partial charge in [-0.25, -0.2) is 0 Å². The second-order valence-electron chi connectivity index (χ2n) is 3.55. The van der Waals surface area contributed by atoms with Crippen molar-refractivity contribution in [2.45, 2.75) is 39.2 Å². The third-order valence-electron chi connectivity index (χ3n) is 2.53. The average molecular weight is 179 g/mol. The van der Waals surface area contributed by atoms with Gasteiger partial charge in [-0.2, -0.15) is 0 Å². The molecule has 0 radical (unpaired) electrons. The van der Waals surface area contributed by atoms with Crippen molar-refractivity contribution in [2.75, 3.05) is 13.1 Å². The molecule has 1 unspecified atom stereocenters. The molecule has 0 saturated carbocycles. The van der Waals surface area contributed by atoms with E-state index in [2.05, 4.69) is 23.7 Å². The summed E-state index contributed by atoms with van der Waals surface area (Å²) in [7, 11) is 0. The van der Waals surface area contributed by atoms with Crippen molar-refractivity contribution in [3.63, 3.8) is 0 Å². The Hall–Kier alpha value is -0.810. The largest absolute Gasteiger partial charge is 0.300 e.